The number of ether oxygens (including phenoxy) is 1. The van der Waals surface area contributed by atoms with E-state index < -0.39 is 11.0 Å². The molecule has 2 unspecified atom stereocenters. The van der Waals surface area contributed by atoms with Gasteiger partial charge in [0.05, 0.1) is 43.4 Å². The van der Waals surface area contributed by atoms with Crippen LogP contribution < -0.4 is 5.56 Å². The molecule has 2 aliphatic carbocycles. The SMILES string of the molecule is O=C(N1CCC(O)(Cn2cnc(-c3ccccc3)cc2=O)C2(CCCC2)C1)N1CCOCC1C1CC1. The minimum absolute atomic E-state index is 0.0922. The molecule has 36 heavy (non-hydrogen) atoms. The first kappa shape index (κ1) is 23.7. The number of piperidine rings is 1. The number of carbonyl (C=O) groups excluding carboxylic acids is 1. The number of hydrogen-bond donors (Lipinski definition) is 1. The number of rotatable bonds is 4. The molecule has 1 aromatic carbocycles. The number of aliphatic hydroxyl groups is 1. The summed E-state index contributed by atoms with van der Waals surface area (Å²) < 4.78 is 7.25. The Bertz CT molecular complexity index is 1160. The maximum atomic E-state index is 13.7. The number of morpholine rings is 1. The van der Waals surface area contributed by atoms with Crippen molar-refractivity contribution in [3.8, 4) is 11.3 Å². The van der Waals surface area contributed by atoms with Crippen molar-refractivity contribution >= 4 is 6.03 Å². The highest BCUT2D eigenvalue weighted by Crippen LogP contribution is 2.52. The van der Waals surface area contributed by atoms with Crippen molar-refractivity contribution in [2.24, 2.45) is 11.3 Å². The van der Waals surface area contributed by atoms with Crippen LogP contribution in [0.15, 0.2) is 47.5 Å². The Kier molecular flexibility index (Phi) is 6.12. The first-order valence-electron chi connectivity index (χ1n) is 13.5. The average molecular weight is 493 g/mol. The van der Waals surface area contributed by atoms with Crippen LogP contribution >= 0.6 is 0 Å². The Hall–Kier alpha value is -2.71. The van der Waals surface area contributed by atoms with Gasteiger partial charge in [-0.1, -0.05) is 43.2 Å². The lowest BCUT2D eigenvalue weighted by Gasteiger charge is -2.53. The molecule has 8 nitrogen and oxygen atoms in total. The lowest BCUT2D eigenvalue weighted by atomic mass is 9.66. The molecule has 2 saturated carbocycles. The number of nitrogens with zero attached hydrogens (tertiary/aromatic N) is 4. The molecular formula is C28H36N4O4. The van der Waals surface area contributed by atoms with Gasteiger partial charge in [-0.05, 0) is 38.0 Å². The Morgan fingerprint density at radius 3 is 2.61 bits per heavy atom. The molecule has 192 valence electrons. The van der Waals surface area contributed by atoms with Gasteiger partial charge in [0.2, 0.25) is 0 Å². The van der Waals surface area contributed by atoms with Gasteiger partial charge in [-0.25, -0.2) is 9.78 Å². The van der Waals surface area contributed by atoms with Crippen molar-refractivity contribution in [1.82, 2.24) is 19.4 Å². The van der Waals surface area contributed by atoms with E-state index >= 15 is 0 Å². The Morgan fingerprint density at radius 2 is 1.89 bits per heavy atom. The maximum absolute atomic E-state index is 13.7. The average Bonchev–Trinajstić information content (AvgIpc) is 3.65. The molecule has 3 heterocycles. The summed E-state index contributed by atoms with van der Waals surface area (Å²) in [6, 6.07) is 11.5. The molecule has 6 rings (SSSR count). The second-order valence-corrected chi connectivity index (χ2v) is 11.3. The zero-order valence-electron chi connectivity index (χ0n) is 20.8. The minimum atomic E-state index is -1.05. The van der Waals surface area contributed by atoms with Gasteiger partial charge < -0.3 is 19.6 Å². The maximum Gasteiger partial charge on any atom is 0.320 e. The topological polar surface area (TPSA) is 87.9 Å². The lowest BCUT2D eigenvalue weighted by Crippen LogP contribution is -2.64. The summed E-state index contributed by atoms with van der Waals surface area (Å²) in [7, 11) is 0. The summed E-state index contributed by atoms with van der Waals surface area (Å²) in [4.78, 5) is 35.3. The van der Waals surface area contributed by atoms with Crippen LogP contribution in [0.2, 0.25) is 0 Å². The predicted octanol–water partition coefficient (Wildman–Crippen LogP) is 3.14. The highest BCUT2D eigenvalue weighted by atomic mass is 16.5. The fourth-order valence-electron chi connectivity index (χ4n) is 6.77. The van der Waals surface area contributed by atoms with Crippen LogP contribution in [0.1, 0.15) is 44.9 Å². The molecule has 2 saturated heterocycles. The van der Waals surface area contributed by atoms with E-state index in [1.807, 2.05) is 40.1 Å². The number of aromatic nitrogens is 2. The summed E-state index contributed by atoms with van der Waals surface area (Å²) >= 11 is 0. The third-order valence-electron chi connectivity index (χ3n) is 9.07. The molecule has 2 aromatic rings. The van der Waals surface area contributed by atoms with Crippen LogP contribution in [-0.2, 0) is 11.3 Å². The van der Waals surface area contributed by atoms with Crippen LogP contribution in [0.25, 0.3) is 11.3 Å². The highest BCUT2D eigenvalue weighted by Gasteiger charge is 2.56. The zero-order valence-corrected chi connectivity index (χ0v) is 20.8. The van der Waals surface area contributed by atoms with Gasteiger partial charge in [-0.3, -0.25) is 9.36 Å². The van der Waals surface area contributed by atoms with Gasteiger partial charge in [0, 0.05) is 36.7 Å². The number of benzene rings is 1. The third-order valence-corrected chi connectivity index (χ3v) is 9.07. The number of hydrogen-bond acceptors (Lipinski definition) is 5. The van der Waals surface area contributed by atoms with E-state index in [4.69, 9.17) is 4.74 Å². The largest absolute Gasteiger partial charge is 0.387 e. The molecule has 1 aromatic heterocycles. The molecule has 0 bridgehead atoms. The quantitative estimate of drug-likeness (QED) is 0.709. The number of amides is 2. The lowest BCUT2D eigenvalue weighted by molar-refractivity contribution is -0.138. The fraction of sp³-hybridized carbons (Fsp3) is 0.607. The van der Waals surface area contributed by atoms with Crippen LogP contribution in [0, 0.1) is 11.3 Å². The van der Waals surface area contributed by atoms with Gasteiger partial charge in [0.25, 0.3) is 5.56 Å². The van der Waals surface area contributed by atoms with E-state index in [1.165, 1.54) is 12.8 Å². The first-order valence-corrected chi connectivity index (χ1v) is 13.5. The van der Waals surface area contributed by atoms with Gasteiger partial charge in [0.15, 0.2) is 0 Å². The molecule has 2 aliphatic heterocycles. The van der Waals surface area contributed by atoms with Gasteiger partial charge in [-0.2, -0.15) is 0 Å². The van der Waals surface area contributed by atoms with Crippen LogP contribution in [0.4, 0.5) is 4.79 Å². The third kappa shape index (κ3) is 4.24. The second-order valence-electron chi connectivity index (χ2n) is 11.3. The highest BCUT2D eigenvalue weighted by molar-refractivity contribution is 5.75. The molecule has 4 fully saturated rings. The Morgan fingerprint density at radius 1 is 1.11 bits per heavy atom. The van der Waals surface area contributed by atoms with E-state index in [2.05, 4.69) is 4.98 Å². The normalized spacial score (nSPS) is 28.0. The summed E-state index contributed by atoms with van der Waals surface area (Å²) in [6.07, 6.45) is 8.18. The van der Waals surface area contributed by atoms with E-state index in [-0.39, 0.29) is 24.2 Å². The molecule has 2 atom stereocenters. The van der Waals surface area contributed by atoms with Gasteiger partial charge in [0.1, 0.15) is 0 Å². The first-order chi connectivity index (χ1) is 17.5. The monoisotopic (exact) mass is 492 g/mol. The van der Waals surface area contributed by atoms with Crippen molar-refractivity contribution in [2.75, 3.05) is 32.8 Å². The van der Waals surface area contributed by atoms with Crippen molar-refractivity contribution in [3.63, 3.8) is 0 Å². The van der Waals surface area contributed by atoms with Crippen LogP contribution in [0.5, 0.6) is 0 Å². The van der Waals surface area contributed by atoms with Crippen molar-refractivity contribution < 1.29 is 14.6 Å². The van der Waals surface area contributed by atoms with Crippen molar-refractivity contribution in [1.29, 1.82) is 0 Å². The van der Waals surface area contributed by atoms with E-state index in [0.717, 1.165) is 31.2 Å². The second kappa shape index (κ2) is 9.30. The standard InChI is InChI=1S/C28H36N4O4/c33-25-16-23(21-6-2-1-3-7-21)29-20-31(25)19-28(35)12-13-30(18-27(28)10-4-5-11-27)26(34)32-14-15-36-17-24(32)22-8-9-22/h1-3,6-7,16,20,22,24,35H,4-5,8-15,17-19H2. The molecule has 1 N–H and O–H groups in total. The van der Waals surface area contributed by atoms with Crippen LogP contribution in [-0.4, -0.2) is 75.0 Å². The Balaban J connectivity index is 1.22. The fourth-order valence-corrected chi connectivity index (χ4v) is 6.77. The smallest absolute Gasteiger partial charge is 0.320 e. The molecule has 1 spiro atoms. The zero-order chi connectivity index (χ0) is 24.8. The van der Waals surface area contributed by atoms with E-state index in [9.17, 15) is 14.7 Å². The van der Waals surface area contributed by atoms with E-state index in [0.29, 0.717) is 50.9 Å². The summed E-state index contributed by atoms with van der Waals surface area (Å²) in [6.45, 7) is 3.11. The number of likely N-dealkylation sites (tertiary alicyclic amines) is 1. The van der Waals surface area contributed by atoms with Crippen molar-refractivity contribution in [2.45, 2.75) is 63.1 Å². The molecule has 2 amide bonds. The molecular weight excluding hydrogens is 456 g/mol. The Labute approximate surface area is 211 Å². The van der Waals surface area contributed by atoms with Gasteiger partial charge in [-0.15, -0.1) is 0 Å². The molecule has 4 aliphatic rings. The minimum Gasteiger partial charge on any atom is -0.387 e. The molecule has 8 heteroatoms. The summed E-state index contributed by atoms with van der Waals surface area (Å²) in [5.74, 6) is 0.564. The predicted molar refractivity (Wildman–Crippen MR) is 135 cm³/mol. The van der Waals surface area contributed by atoms with Crippen molar-refractivity contribution in [3.05, 3.63) is 53.1 Å². The van der Waals surface area contributed by atoms with Crippen LogP contribution in [0.3, 0.4) is 0 Å². The number of urea groups is 1. The summed E-state index contributed by atoms with van der Waals surface area (Å²) in [5, 5.41) is 12.1. The van der Waals surface area contributed by atoms with E-state index in [1.54, 1.807) is 17.0 Å². The molecule has 0 radical (unpaired) electrons. The summed E-state index contributed by atoms with van der Waals surface area (Å²) in [5.41, 5.74) is -0.0897. The van der Waals surface area contributed by atoms with Gasteiger partial charge >= 0.3 is 6.03 Å². The number of carbonyl (C=O) groups is 1.